The molecule has 0 bridgehead atoms. The van der Waals surface area contributed by atoms with Crippen LogP contribution < -0.4 is 5.73 Å². The van der Waals surface area contributed by atoms with Crippen LogP contribution in [0.5, 0.6) is 0 Å². The standard InChI is InChI=1S/C11H14BrN3O/c1-2-15-10(9(12)6-14-15)11(16)7-3-4-8(13)5-7/h3-4,6-8H,2,5,13H2,1H3. The van der Waals surface area contributed by atoms with Crippen molar-refractivity contribution in [2.24, 2.45) is 11.7 Å². The minimum Gasteiger partial charge on any atom is -0.324 e. The number of halogens is 1. The van der Waals surface area contributed by atoms with Gasteiger partial charge in [-0.2, -0.15) is 5.10 Å². The average Bonchev–Trinajstić information content (AvgIpc) is 2.83. The fraction of sp³-hybridized carbons (Fsp3) is 0.455. The maximum Gasteiger partial charge on any atom is 0.188 e. The highest BCUT2D eigenvalue weighted by atomic mass is 79.9. The van der Waals surface area contributed by atoms with Crippen molar-refractivity contribution in [3.05, 3.63) is 28.5 Å². The zero-order valence-corrected chi connectivity index (χ0v) is 10.6. The number of aromatic nitrogens is 2. The van der Waals surface area contributed by atoms with E-state index in [4.69, 9.17) is 5.73 Å². The second kappa shape index (κ2) is 4.51. The van der Waals surface area contributed by atoms with Crippen LogP contribution in [0.4, 0.5) is 0 Å². The first kappa shape index (κ1) is 11.5. The molecule has 1 aliphatic carbocycles. The number of hydrogen-bond acceptors (Lipinski definition) is 3. The summed E-state index contributed by atoms with van der Waals surface area (Å²) >= 11 is 3.36. The van der Waals surface area contributed by atoms with Gasteiger partial charge in [-0.25, -0.2) is 0 Å². The molecule has 0 aromatic carbocycles. The smallest absolute Gasteiger partial charge is 0.188 e. The molecule has 16 heavy (non-hydrogen) atoms. The molecule has 2 rings (SSSR count). The summed E-state index contributed by atoms with van der Waals surface area (Å²) in [7, 11) is 0. The summed E-state index contributed by atoms with van der Waals surface area (Å²) in [6.45, 7) is 2.65. The van der Waals surface area contributed by atoms with E-state index in [0.717, 1.165) is 4.47 Å². The van der Waals surface area contributed by atoms with Gasteiger partial charge < -0.3 is 5.73 Å². The molecule has 2 N–H and O–H groups in total. The van der Waals surface area contributed by atoms with E-state index in [0.29, 0.717) is 18.7 Å². The monoisotopic (exact) mass is 283 g/mol. The van der Waals surface area contributed by atoms with Crippen molar-refractivity contribution in [1.82, 2.24) is 9.78 Å². The van der Waals surface area contributed by atoms with E-state index in [1.54, 1.807) is 10.9 Å². The van der Waals surface area contributed by atoms with Crippen LogP contribution in [-0.2, 0) is 6.54 Å². The molecule has 2 unspecified atom stereocenters. The molecule has 0 aliphatic heterocycles. The van der Waals surface area contributed by atoms with Crippen LogP contribution in [0, 0.1) is 5.92 Å². The Kier molecular flexibility index (Phi) is 3.25. The lowest BCUT2D eigenvalue weighted by molar-refractivity contribution is 0.0931. The third-order valence-electron chi connectivity index (χ3n) is 2.78. The van der Waals surface area contributed by atoms with Gasteiger partial charge in [0.05, 0.1) is 10.7 Å². The molecule has 1 aromatic heterocycles. The lowest BCUT2D eigenvalue weighted by atomic mass is 10.0. The quantitative estimate of drug-likeness (QED) is 0.679. The lowest BCUT2D eigenvalue weighted by Gasteiger charge is -2.10. The van der Waals surface area contributed by atoms with E-state index < -0.39 is 0 Å². The van der Waals surface area contributed by atoms with Crippen molar-refractivity contribution in [3.63, 3.8) is 0 Å². The molecule has 0 spiro atoms. The summed E-state index contributed by atoms with van der Waals surface area (Å²) in [5, 5.41) is 4.14. The number of nitrogens with zero attached hydrogens (tertiary/aromatic N) is 2. The summed E-state index contributed by atoms with van der Waals surface area (Å²) in [4.78, 5) is 12.3. The van der Waals surface area contributed by atoms with Gasteiger partial charge in [0.15, 0.2) is 5.78 Å². The fourth-order valence-electron chi connectivity index (χ4n) is 1.94. The topological polar surface area (TPSA) is 60.9 Å². The number of ketones is 1. The molecule has 86 valence electrons. The maximum atomic E-state index is 12.3. The summed E-state index contributed by atoms with van der Waals surface area (Å²) in [6, 6.07) is 0.00530. The normalized spacial score (nSPS) is 23.9. The highest BCUT2D eigenvalue weighted by molar-refractivity contribution is 9.10. The molecule has 0 saturated heterocycles. The predicted molar refractivity (Wildman–Crippen MR) is 65.2 cm³/mol. The van der Waals surface area contributed by atoms with Crippen LogP contribution in [0.25, 0.3) is 0 Å². The van der Waals surface area contributed by atoms with E-state index >= 15 is 0 Å². The molecule has 0 amide bonds. The fourth-order valence-corrected chi connectivity index (χ4v) is 2.44. The molecule has 1 heterocycles. The summed E-state index contributed by atoms with van der Waals surface area (Å²) in [6.07, 6.45) is 6.14. The number of allylic oxidation sites excluding steroid dienone is 1. The predicted octanol–water partition coefficient (Wildman–Crippen LogP) is 1.75. The molecular formula is C11H14BrN3O. The van der Waals surface area contributed by atoms with E-state index in [-0.39, 0.29) is 17.7 Å². The molecular weight excluding hydrogens is 270 g/mol. The lowest BCUT2D eigenvalue weighted by Crippen LogP contribution is -2.21. The zero-order chi connectivity index (χ0) is 11.7. The van der Waals surface area contributed by atoms with Gasteiger partial charge >= 0.3 is 0 Å². The van der Waals surface area contributed by atoms with Crippen molar-refractivity contribution in [2.75, 3.05) is 0 Å². The maximum absolute atomic E-state index is 12.3. The van der Waals surface area contributed by atoms with Crippen LogP contribution in [0.15, 0.2) is 22.8 Å². The molecule has 2 atom stereocenters. The first-order valence-corrected chi connectivity index (χ1v) is 6.12. The average molecular weight is 284 g/mol. The Hall–Kier alpha value is -0.940. The van der Waals surface area contributed by atoms with Crippen LogP contribution >= 0.6 is 15.9 Å². The van der Waals surface area contributed by atoms with Crippen molar-refractivity contribution < 1.29 is 4.79 Å². The Bertz CT molecular complexity index is 438. The highest BCUT2D eigenvalue weighted by Crippen LogP contribution is 2.25. The van der Waals surface area contributed by atoms with Gasteiger partial charge in [-0.1, -0.05) is 12.2 Å². The Morgan fingerprint density at radius 3 is 3.00 bits per heavy atom. The Morgan fingerprint density at radius 2 is 2.44 bits per heavy atom. The second-order valence-electron chi connectivity index (χ2n) is 3.91. The van der Waals surface area contributed by atoms with Crippen molar-refractivity contribution in [3.8, 4) is 0 Å². The van der Waals surface area contributed by atoms with Gasteiger partial charge in [0, 0.05) is 18.5 Å². The van der Waals surface area contributed by atoms with Gasteiger partial charge in [-0.3, -0.25) is 9.48 Å². The Morgan fingerprint density at radius 1 is 1.69 bits per heavy atom. The van der Waals surface area contributed by atoms with Crippen LogP contribution in [0.2, 0.25) is 0 Å². The number of carbonyl (C=O) groups is 1. The van der Waals surface area contributed by atoms with Gasteiger partial charge in [0.1, 0.15) is 5.69 Å². The third kappa shape index (κ3) is 1.97. The minimum absolute atomic E-state index is 0.00530. The van der Waals surface area contributed by atoms with Gasteiger partial charge in [0.25, 0.3) is 0 Å². The van der Waals surface area contributed by atoms with E-state index in [2.05, 4.69) is 21.0 Å². The number of nitrogens with two attached hydrogens (primary N) is 1. The molecule has 0 radical (unpaired) electrons. The van der Waals surface area contributed by atoms with E-state index in [9.17, 15) is 4.79 Å². The Labute approximate surface area is 103 Å². The zero-order valence-electron chi connectivity index (χ0n) is 9.06. The number of Topliss-reactive ketones (excluding diaryl/α,β-unsaturated/α-hetero) is 1. The second-order valence-corrected chi connectivity index (χ2v) is 4.77. The van der Waals surface area contributed by atoms with E-state index in [1.807, 2.05) is 19.1 Å². The molecule has 1 aliphatic rings. The molecule has 0 fully saturated rings. The molecule has 4 nitrogen and oxygen atoms in total. The van der Waals surface area contributed by atoms with Crippen LogP contribution in [0.1, 0.15) is 23.8 Å². The third-order valence-corrected chi connectivity index (χ3v) is 3.36. The minimum atomic E-state index is -0.103. The van der Waals surface area contributed by atoms with Gasteiger partial charge in [-0.15, -0.1) is 0 Å². The van der Waals surface area contributed by atoms with Crippen molar-refractivity contribution in [1.29, 1.82) is 0 Å². The van der Waals surface area contributed by atoms with Gasteiger partial charge in [-0.05, 0) is 29.3 Å². The summed E-state index contributed by atoms with van der Waals surface area (Å²) in [5.41, 5.74) is 6.40. The van der Waals surface area contributed by atoms with Crippen molar-refractivity contribution in [2.45, 2.75) is 25.9 Å². The number of carbonyl (C=O) groups excluding carboxylic acids is 1. The largest absolute Gasteiger partial charge is 0.324 e. The molecule has 1 aromatic rings. The molecule has 5 heteroatoms. The van der Waals surface area contributed by atoms with Crippen molar-refractivity contribution >= 4 is 21.7 Å². The SMILES string of the molecule is CCn1ncc(Br)c1C(=O)C1C=CC(N)C1. The summed E-state index contributed by atoms with van der Waals surface area (Å²) < 4.78 is 2.47. The number of rotatable bonds is 3. The first-order chi connectivity index (χ1) is 7.63. The number of hydrogen-bond donors (Lipinski definition) is 1. The van der Waals surface area contributed by atoms with Gasteiger partial charge in [0.2, 0.25) is 0 Å². The summed E-state index contributed by atoms with van der Waals surface area (Å²) in [5.74, 6) is -0.0104. The van der Waals surface area contributed by atoms with Crippen LogP contribution in [0.3, 0.4) is 0 Å². The van der Waals surface area contributed by atoms with Crippen LogP contribution in [-0.4, -0.2) is 21.6 Å². The number of aryl methyl sites for hydroxylation is 1. The highest BCUT2D eigenvalue weighted by Gasteiger charge is 2.27. The Balaban J connectivity index is 2.27. The molecule has 0 saturated carbocycles. The first-order valence-electron chi connectivity index (χ1n) is 5.33. The van der Waals surface area contributed by atoms with E-state index in [1.165, 1.54) is 0 Å².